The Hall–Kier alpha value is -2.63. The van der Waals surface area contributed by atoms with E-state index in [4.69, 9.17) is 14.2 Å². The zero-order valence-electron chi connectivity index (χ0n) is 48.9. The van der Waals surface area contributed by atoms with E-state index in [1.165, 1.54) is 212 Å². The molecule has 0 aromatic rings. The highest BCUT2D eigenvalue weighted by Crippen LogP contribution is 2.17. The molecule has 0 amide bonds. The maximum absolute atomic E-state index is 12.9. The van der Waals surface area contributed by atoms with Crippen LogP contribution in [-0.4, -0.2) is 37.2 Å². The fourth-order valence-corrected chi connectivity index (χ4v) is 9.41. The number of ether oxygens (including phenoxy) is 3. The van der Waals surface area contributed by atoms with Crippen LogP contribution in [0.25, 0.3) is 0 Å². The minimum Gasteiger partial charge on any atom is -0.462 e. The maximum atomic E-state index is 12.9. The van der Waals surface area contributed by atoms with Crippen LogP contribution in [0, 0.1) is 0 Å². The van der Waals surface area contributed by atoms with Crippen LogP contribution < -0.4 is 0 Å². The fourth-order valence-electron chi connectivity index (χ4n) is 9.41. The van der Waals surface area contributed by atoms with E-state index in [0.29, 0.717) is 19.3 Å². The summed E-state index contributed by atoms with van der Waals surface area (Å²) >= 11 is 0. The average molecular weight is 1020 g/mol. The molecule has 0 radical (unpaired) electrons. The van der Waals surface area contributed by atoms with Crippen LogP contribution in [-0.2, 0) is 28.6 Å². The summed E-state index contributed by atoms with van der Waals surface area (Å²) in [4.78, 5) is 38.3. The lowest BCUT2D eigenvalue weighted by atomic mass is 10.0. The van der Waals surface area contributed by atoms with Crippen LogP contribution in [0.4, 0.5) is 0 Å². The smallest absolute Gasteiger partial charge is 0.306 e. The van der Waals surface area contributed by atoms with Gasteiger partial charge in [-0.25, -0.2) is 0 Å². The van der Waals surface area contributed by atoms with Gasteiger partial charge in [0, 0.05) is 19.3 Å². The highest BCUT2D eigenvalue weighted by atomic mass is 16.6. The lowest BCUT2D eigenvalue weighted by molar-refractivity contribution is -0.167. The van der Waals surface area contributed by atoms with Gasteiger partial charge in [-0.05, 0) is 103 Å². The Morgan fingerprint density at radius 3 is 0.781 bits per heavy atom. The Labute approximate surface area is 454 Å². The number of hydrogen-bond donors (Lipinski definition) is 0. The molecule has 1 unspecified atom stereocenters. The molecule has 0 heterocycles. The zero-order chi connectivity index (χ0) is 52.9. The summed E-state index contributed by atoms with van der Waals surface area (Å²) in [6.45, 7) is 6.64. The molecule has 0 aromatic carbocycles. The minimum absolute atomic E-state index is 0.0792. The van der Waals surface area contributed by atoms with Gasteiger partial charge in [0.15, 0.2) is 6.10 Å². The van der Waals surface area contributed by atoms with E-state index in [0.717, 1.165) is 89.9 Å². The van der Waals surface area contributed by atoms with Gasteiger partial charge in [-0.3, -0.25) is 14.4 Å². The molecule has 6 heteroatoms. The molecule has 426 valence electrons. The summed E-state index contributed by atoms with van der Waals surface area (Å²) in [5.74, 6) is -0.884. The standard InChI is InChI=1S/C67H122O6/c1-4-7-10-13-16-19-22-25-28-30-31-32-33-34-35-36-37-38-40-42-45-48-51-54-57-60-66(69)72-63-64(62-71-65(68)59-56-53-50-47-44-41-27-24-21-18-15-12-9-6-3)73-67(70)61-58-55-52-49-46-43-39-29-26-23-20-17-14-11-8-5-2/h20,23-24,27,29-31,39,64H,4-19,21-22,25-26,28,32-38,40-63H2,1-3H3/b23-20-,27-24-,31-30-,39-29-. The SMILES string of the molecule is CCCCCC/C=C\C/C=C\CCCCCCCC(=O)OC(COC(=O)CCCCCCC/C=C\CCCCCCC)COC(=O)CCCCCCCCCCCCCCC/C=C\CCCCCCCCCC. The van der Waals surface area contributed by atoms with Crippen molar-refractivity contribution in [2.75, 3.05) is 13.2 Å². The van der Waals surface area contributed by atoms with Crippen LogP contribution in [0.5, 0.6) is 0 Å². The minimum atomic E-state index is -0.783. The third-order valence-electron chi connectivity index (χ3n) is 14.3. The van der Waals surface area contributed by atoms with Gasteiger partial charge in [0.25, 0.3) is 0 Å². The van der Waals surface area contributed by atoms with Gasteiger partial charge in [-0.1, -0.05) is 268 Å². The molecule has 0 bridgehead atoms. The van der Waals surface area contributed by atoms with Gasteiger partial charge < -0.3 is 14.2 Å². The van der Waals surface area contributed by atoms with Crippen molar-refractivity contribution in [2.24, 2.45) is 0 Å². The fraction of sp³-hybridized carbons (Fsp3) is 0.836. The van der Waals surface area contributed by atoms with Crippen molar-refractivity contribution in [3.63, 3.8) is 0 Å². The largest absolute Gasteiger partial charge is 0.462 e. The molecular formula is C67H122O6. The molecule has 73 heavy (non-hydrogen) atoms. The summed E-state index contributed by atoms with van der Waals surface area (Å²) in [5, 5.41) is 0. The van der Waals surface area contributed by atoms with E-state index in [9.17, 15) is 14.4 Å². The van der Waals surface area contributed by atoms with Crippen LogP contribution in [0.2, 0.25) is 0 Å². The van der Waals surface area contributed by atoms with Crippen molar-refractivity contribution >= 4 is 17.9 Å². The normalized spacial score (nSPS) is 12.3. The predicted octanol–water partition coefficient (Wildman–Crippen LogP) is 21.8. The van der Waals surface area contributed by atoms with E-state index < -0.39 is 6.10 Å². The summed E-state index contributed by atoms with van der Waals surface area (Å²) in [5.41, 5.74) is 0. The Bertz CT molecular complexity index is 1270. The second-order valence-electron chi connectivity index (χ2n) is 21.7. The first kappa shape index (κ1) is 70.4. The number of carbonyl (C=O) groups excluding carboxylic acids is 3. The number of carbonyl (C=O) groups is 3. The molecule has 0 aliphatic heterocycles. The van der Waals surface area contributed by atoms with Crippen molar-refractivity contribution in [3.8, 4) is 0 Å². The quantitative estimate of drug-likeness (QED) is 0.0261. The number of esters is 3. The van der Waals surface area contributed by atoms with Crippen LogP contribution in [0.15, 0.2) is 48.6 Å². The molecule has 0 rings (SSSR count). The third kappa shape index (κ3) is 60.1. The van der Waals surface area contributed by atoms with Crippen molar-refractivity contribution in [2.45, 2.75) is 348 Å². The number of hydrogen-bond acceptors (Lipinski definition) is 6. The molecule has 0 spiro atoms. The molecule has 0 aromatic heterocycles. The average Bonchev–Trinajstić information content (AvgIpc) is 3.39. The van der Waals surface area contributed by atoms with E-state index >= 15 is 0 Å². The topological polar surface area (TPSA) is 78.9 Å². The zero-order valence-corrected chi connectivity index (χ0v) is 48.9. The summed E-state index contributed by atoms with van der Waals surface area (Å²) in [7, 11) is 0. The van der Waals surface area contributed by atoms with Gasteiger partial charge in [-0.15, -0.1) is 0 Å². The van der Waals surface area contributed by atoms with Crippen molar-refractivity contribution < 1.29 is 28.6 Å². The Morgan fingerprint density at radius 1 is 0.274 bits per heavy atom. The molecule has 6 nitrogen and oxygen atoms in total. The lowest BCUT2D eigenvalue weighted by Gasteiger charge is -2.18. The van der Waals surface area contributed by atoms with Gasteiger partial charge in [0.1, 0.15) is 13.2 Å². The lowest BCUT2D eigenvalue weighted by Crippen LogP contribution is -2.30. The Morgan fingerprint density at radius 2 is 0.493 bits per heavy atom. The summed E-state index contributed by atoms with van der Waals surface area (Å²) < 4.78 is 16.9. The van der Waals surface area contributed by atoms with Crippen LogP contribution >= 0.6 is 0 Å². The molecule has 0 aliphatic rings. The first-order chi connectivity index (χ1) is 36.0. The highest BCUT2D eigenvalue weighted by Gasteiger charge is 2.19. The van der Waals surface area contributed by atoms with Gasteiger partial charge in [-0.2, -0.15) is 0 Å². The molecular weight excluding hydrogens is 901 g/mol. The molecule has 1 atom stereocenters. The molecule has 0 saturated carbocycles. The molecule has 0 saturated heterocycles. The molecule has 0 fully saturated rings. The number of rotatable bonds is 59. The molecule has 0 aliphatic carbocycles. The Balaban J connectivity index is 4.28. The predicted molar refractivity (Wildman–Crippen MR) is 316 cm³/mol. The molecule has 0 N–H and O–H groups in total. The second-order valence-corrected chi connectivity index (χ2v) is 21.7. The third-order valence-corrected chi connectivity index (χ3v) is 14.3. The van der Waals surface area contributed by atoms with E-state index in [1.54, 1.807) is 0 Å². The van der Waals surface area contributed by atoms with Crippen LogP contribution in [0.1, 0.15) is 342 Å². The monoisotopic (exact) mass is 1020 g/mol. The van der Waals surface area contributed by atoms with Gasteiger partial charge in [0.2, 0.25) is 0 Å². The first-order valence-corrected chi connectivity index (χ1v) is 32.1. The second kappa shape index (κ2) is 61.9. The van der Waals surface area contributed by atoms with Crippen molar-refractivity contribution in [3.05, 3.63) is 48.6 Å². The van der Waals surface area contributed by atoms with Gasteiger partial charge >= 0.3 is 17.9 Å². The maximum Gasteiger partial charge on any atom is 0.306 e. The van der Waals surface area contributed by atoms with Crippen molar-refractivity contribution in [1.82, 2.24) is 0 Å². The van der Waals surface area contributed by atoms with Crippen LogP contribution in [0.3, 0.4) is 0 Å². The van der Waals surface area contributed by atoms with E-state index in [-0.39, 0.29) is 31.1 Å². The number of unbranched alkanes of at least 4 members (excludes halogenated alkanes) is 40. The summed E-state index contributed by atoms with van der Waals surface area (Å²) in [6, 6.07) is 0. The number of allylic oxidation sites excluding steroid dienone is 8. The van der Waals surface area contributed by atoms with E-state index in [2.05, 4.69) is 69.4 Å². The van der Waals surface area contributed by atoms with Crippen molar-refractivity contribution in [1.29, 1.82) is 0 Å². The Kier molecular flexibility index (Phi) is 59.7. The van der Waals surface area contributed by atoms with E-state index in [1.807, 2.05) is 0 Å². The van der Waals surface area contributed by atoms with Gasteiger partial charge in [0.05, 0.1) is 0 Å². The first-order valence-electron chi connectivity index (χ1n) is 32.1. The highest BCUT2D eigenvalue weighted by molar-refractivity contribution is 5.71. The summed E-state index contributed by atoms with van der Waals surface area (Å²) in [6.07, 6.45) is 76.9.